The minimum absolute atomic E-state index is 0.0846. The molecule has 4 N–H and O–H groups in total. The molecule has 11 heavy (non-hydrogen) atoms. The number of hydrogen-bond acceptors (Lipinski definition) is 4. The molecule has 66 valence electrons. The van der Waals surface area contributed by atoms with Crippen molar-refractivity contribution >= 4 is 5.78 Å². The van der Waals surface area contributed by atoms with Crippen molar-refractivity contribution in [2.24, 2.45) is 11.5 Å². The third-order valence-corrected chi connectivity index (χ3v) is 1.23. The maximum atomic E-state index is 10.6. The predicted octanol–water partition coefficient (Wildman–Crippen LogP) is -0.730. The van der Waals surface area contributed by atoms with E-state index in [1.807, 2.05) is 0 Å². The Hall–Kier alpha value is -0.450. The van der Waals surface area contributed by atoms with Crippen LogP contribution in [0.2, 0.25) is 0 Å². The average molecular weight is 160 g/mol. The minimum Gasteiger partial charge on any atom is -0.380 e. The summed E-state index contributed by atoms with van der Waals surface area (Å²) in [6, 6.07) is 0. The highest BCUT2D eigenvalue weighted by Crippen LogP contribution is 1.90. The SMILES string of the molecule is NCCOCCCC(=O)CN. The van der Waals surface area contributed by atoms with Crippen LogP contribution in [0.5, 0.6) is 0 Å². The highest BCUT2D eigenvalue weighted by molar-refractivity contribution is 5.80. The number of carbonyl (C=O) groups excluding carboxylic acids is 1. The van der Waals surface area contributed by atoms with E-state index in [9.17, 15) is 4.79 Å². The van der Waals surface area contributed by atoms with Crippen molar-refractivity contribution in [3.63, 3.8) is 0 Å². The van der Waals surface area contributed by atoms with Gasteiger partial charge in [0.25, 0.3) is 0 Å². The van der Waals surface area contributed by atoms with Gasteiger partial charge in [-0.1, -0.05) is 0 Å². The van der Waals surface area contributed by atoms with E-state index in [4.69, 9.17) is 16.2 Å². The van der Waals surface area contributed by atoms with Gasteiger partial charge in [-0.15, -0.1) is 0 Å². The maximum Gasteiger partial charge on any atom is 0.146 e. The molecule has 0 aliphatic carbocycles. The molecule has 0 rings (SSSR count). The summed E-state index contributed by atoms with van der Waals surface area (Å²) in [6.45, 7) is 1.83. The van der Waals surface area contributed by atoms with Crippen molar-refractivity contribution in [2.45, 2.75) is 12.8 Å². The molecule has 0 aliphatic rings. The highest BCUT2D eigenvalue weighted by atomic mass is 16.5. The normalized spacial score (nSPS) is 10.0. The number of Topliss-reactive ketones (excluding diaryl/α,β-unsaturated/α-hetero) is 1. The molecular formula is C7H16N2O2. The van der Waals surface area contributed by atoms with Gasteiger partial charge >= 0.3 is 0 Å². The zero-order valence-corrected chi connectivity index (χ0v) is 6.71. The fourth-order valence-corrected chi connectivity index (χ4v) is 0.659. The molecule has 0 atom stereocenters. The van der Waals surface area contributed by atoms with E-state index in [2.05, 4.69) is 0 Å². The molecule has 0 aromatic rings. The molecule has 0 aromatic heterocycles. The standard InChI is InChI=1S/C7H16N2O2/c8-3-5-11-4-1-2-7(10)6-9/h1-6,8-9H2. The number of ketones is 1. The van der Waals surface area contributed by atoms with Crippen molar-refractivity contribution in [2.75, 3.05) is 26.3 Å². The first kappa shape index (κ1) is 10.6. The molecule has 0 bridgehead atoms. The van der Waals surface area contributed by atoms with Crippen LogP contribution >= 0.6 is 0 Å². The molecule has 0 amide bonds. The van der Waals surface area contributed by atoms with Crippen molar-refractivity contribution in [1.29, 1.82) is 0 Å². The van der Waals surface area contributed by atoms with Gasteiger partial charge in [-0.05, 0) is 6.42 Å². The van der Waals surface area contributed by atoms with E-state index in [1.165, 1.54) is 0 Å². The lowest BCUT2D eigenvalue weighted by atomic mass is 10.2. The van der Waals surface area contributed by atoms with Crippen LogP contribution in [0.15, 0.2) is 0 Å². The minimum atomic E-state index is 0.0846. The summed E-state index contributed by atoms with van der Waals surface area (Å²) < 4.78 is 5.06. The van der Waals surface area contributed by atoms with Crippen LogP contribution in [-0.2, 0) is 9.53 Å². The molecule has 0 aromatic carbocycles. The monoisotopic (exact) mass is 160 g/mol. The number of hydrogen-bond donors (Lipinski definition) is 2. The molecule has 0 radical (unpaired) electrons. The van der Waals surface area contributed by atoms with Crippen molar-refractivity contribution in [3.05, 3.63) is 0 Å². The lowest BCUT2D eigenvalue weighted by Crippen LogP contribution is -2.14. The van der Waals surface area contributed by atoms with E-state index in [1.54, 1.807) is 0 Å². The molecule has 0 saturated heterocycles. The van der Waals surface area contributed by atoms with E-state index in [0.29, 0.717) is 26.2 Å². The highest BCUT2D eigenvalue weighted by Gasteiger charge is 1.96. The number of ether oxygens (including phenoxy) is 1. The zero-order valence-electron chi connectivity index (χ0n) is 6.71. The second kappa shape index (κ2) is 7.65. The number of nitrogens with two attached hydrogens (primary N) is 2. The summed E-state index contributed by atoms with van der Waals surface area (Å²) in [5, 5.41) is 0. The summed E-state index contributed by atoms with van der Waals surface area (Å²) in [7, 11) is 0. The first-order valence-corrected chi connectivity index (χ1v) is 3.81. The van der Waals surface area contributed by atoms with Gasteiger partial charge in [0.05, 0.1) is 13.2 Å². The van der Waals surface area contributed by atoms with Crippen molar-refractivity contribution in [3.8, 4) is 0 Å². The molecule has 4 heteroatoms. The maximum absolute atomic E-state index is 10.6. The largest absolute Gasteiger partial charge is 0.380 e. The van der Waals surface area contributed by atoms with Crippen molar-refractivity contribution < 1.29 is 9.53 Å². The Bertz CT molecular complexity index is 107. The van der Waals surface area contributed by atoms with Crippen LogP contribution in [0.4, 0.5) is 0 Å². The third kappa shape index (κ3) is 7.45. The van der Waals surface area contributed by atoms with E-state index in [-0.39, 0.29) is 12.3 Å². The van der Waals surface area contributed by atoms with Gasteiger partial charge in [-0.3, -0.25) is 4.79 Å². The zero-order chi connectivity index (χ0) is 8.53. The molecule has 4 nitrogen and oxygen atoms in total. The molecule has 0 heterocycles. The van der Waals surface area contributed by atoms with Crippen LogP contribution < -0.4 is 11.5 Å². The Morgan fingerprint density at radius 2 is 2.00 bits per heavy atom. The molecule has 0 unspecified atom stereocenters. The summed E-state index contributed by atoms with van der Waals surface area (Å²) in [5.41, 5.74) is 10.3. The van der Waals surface area contributed by atoms with Crippen LogP contribution in [0.3, 0.4) is 0 Å². The van der Waals surface area contributed by atoms with E-state index >= 15 is 0 Å². The fourth-order valence-electron chi connectivity index (χ4n) is 0.659. The van der Waals surface area contributed by atoms with Crippen molar-refractivity contribution in [1.82, 2.24) is 0 Å². The fraction of sp³-hybridized carbons (Fsp3) is 0.857. The third-order valence-electron chi connectivity index (χ3n) is 1.23. The molecule has 0 aliphatic heterocycles. The van der Waals surface area contributed by atoms with Crippen LogP contribution in [0.25, 0.3) is 0 Å². The van der Waals surface area contributed by atoms with Gasteiger partial charge < -0.3 is 16.2 Å². The van der Waals surface area contributed by atoms with Gasteiger partial charge in [-0.25, -0.2) is 0 Å². The van der Waals surface area contributed by atoms with E-state index < -0.39 is 0 Å². The molecule has 0 saturated carbocycles. The Morgan fingerprint density at radius 1 is 1.27 bits per heavy atom. The quantitative estimate of drug-likeness (QED) is 0.481. The van der Waals surface area contributed by atoms with Crippen LogP contribution in [0, 0.1) is 0 Å². The van der Waals surface area contributed by atoms with Gasteiger partial charge in [0.1, 0.15) is 5.78 Å². The number of carbonyl (C=O) groups is 1. The van der Waals surface area contributed by atoms with Gasteiger partial charge in [0.2, 0.25) is 0 Å². The second-order valence-corrected chi connectivity index (χ2v) is 2.25. The van der Waals surface area contributed by atoms with Gasteiger partial charge in [0, 0.05) is 19.6 Å². The van der Waals surface area contributed by atoms with Crippen LogP contribution in [0.1, 0.15) is 12.8 Å². The summed E-state index contributed by atoms with van der Waals surface area (Å²) in [6.07, 6.45) is 1.26. The van der Waals surface area contributed by atoms with Gasteiger partial charge in [0.15, 0.2) is 0 Å². The lowest BCUT2D eigenvalue weighted by Gasteiger charge is -2.00. The van der Waals surface area contributed by atoms with Crippen LogP contribution in [-0.4, -0.2) is 32.1 Å². The predicted molar refractivity (Wildman–Crippen MR) is 43.2 cm³/mol. The Balaban J connectivity index is 2.95. The first-order valence-electron chi connectivity index (χ1n) is 3.81. The first-order chi connectivity index (χ1) is 5.31. The van der Waals surface area contributed by atoms with Gasteiger partial charge in [-0.2, -0.15) is 0 Å². The average Bonchev–Trinajstić information content (AvgIpc) is 2.04. The smallest absolute Gasteiger partial charge is 0.146 e. The second-order valence-electron chi connectivity index (χ2n) is 2.25. The Kier molecular flexibility index (Phi) is 7.34. The molecular weight excluding hydrogens is 144 g/mol. The number of rotatable bonds is 7. The summed E-state index contributed by atoms with van der Waals surface area (Å²) in [4.78, 5) is 10.6. The Labute approximate surface area is 66.9 Å². The van der Waals surface area contributed by atoms with E-state index in [0.717, 1.165) is 6.42 Å². The lowest BCUT2D eigenvalue weighted by molar-refractivity contribution is -0.118. The topological polar surface area (TPSA) is 78.3 Å². The molecule has 0 spiro atoms. The Morgan fingerprint density at radius 3 is 2.55 bits per heavy atom. The summed E-state index contributed by atoms with van der Waals surface area (Å²) >= 11 is 0. The summed E-state index contributed by atoms with van der Waals surface area (Å²) in [5.74, 6) is 0.0846. The molecule has 0 fully saturated rings.